The average Bonchev–Trinajstić information content (AvgIpc) is 3.40. The van der Waals surface area contributed by atoms with Gasteiger partial charge in [0, 0.05) is 61.4 Å². The minimum atomic E-state index is -0.830. The molecule has 214 valence electrons. The third-order valence-corrected chi connectivity index (χ3v) is 7.63. The highest BCUT2D eigenvalue weighted by Gasteiger charge is 2.32. The smallest absolute Gasteiger partial charge is 0.318 e. The molecule has 3 amide bonds. The Labute approximate surface area is 240 Å². The van der Waals surface area contributed by atoms with E-state index in [0.29, 0.717) is 37.6 Å². The summed E-state index contributed by atoms with van der Waals surface area (Å²) in [6.45, 7) is 4.54. The van der Waals surface area contributed by atoms with Crippen molar-refractivity contribution in [3.63, 3.8) is 0 Å². The SMILES string of the molecule is CC(c1c[nH]c2ccccc12)C(NC(=O)N1CCN(c2ccccc2F)CC1)C(=O)Nc1cccc(CN(C)C)c1. The number of hydrogen-bond acceptors (Lipinski definition) is 4. The summed E-state index contributed by atoms with van der Waals surface area (Å²) in [5.41, 5.74) is 4.21. The zero-order valence-electron chi connectivity index (χ0n) is 23.7. The van der Waals surface area contributed by atoms with Crippen molar-refractivity contribution < 1.29 is 14.0 Å². The van der Waals surface area contributed by atoms with Crippen LogP contribution >= 0.6 is 0 Å². The molecule has 0 saturated carbocycles. The number of aromatic nitrogens is 1. The number of urea groups is 1. The van der Waals surface area contributed by atoms with Crippen molar-refractivity contribution in [2.45, 2.75) is 25.4 Å². The number of aromatic amines is 1. The predicted molar refractivity (Wildman–Crippen MR) is 162 cm³/mol. The van der Waals surface area contributed by atoms with Gasteiger partial charge >= 0.3 is 6.03 Å². The molecule has 9 heteroatoms. The number of amides is 3. The molecule has 1 aliphatic rings. The topological polar surface area (TPSA) is 83.7 Å². The second kappa shape index (κ2) is 12.4. The molecule has 3 aromatic carbocycles. The number of nitrogens with zero attached hydrogens (tertiary/aromatic N) is 3. The Kier molecular flexibility index (Phi) is 8.54. The number of fused-ring (bicyclic) bond motifs is 1. The fraction of sp³-hybridized carbons (Fsp3) is 0.312. The van der Waals surface area contributed by atoms with Crippen LogP contribution in [0.15, 0.2) is 79.0 Å². The molecule has 41 heavy (non-hydrogen) atoms. The number of carbonyl (C=O) groups excluding carboxylic acids is 2. The number of rotatable bonds is 8. The van der Waals surface area contributed by atoms with Gasteiger partial charge in [-0.2, -0.15) is 0 Å². The van der Waals surface area contributed by atoms with Crippen molar-refractivity contribution in [3.8, 4) is 0 Å². The predicted octanol–water partition coefficient (Wildman–Crippen LogP) is 5.01. The third kappa shape index (κ3) is 6.52. The van der Waals surface area contributed by atoms with Gasteiger partial charge in [-0.1, -0.05) is 49.4 Å². The first-order valence-corrected chi connectivity index (χ1v) is 14.0. The van der Waals surface area contributed by atoms with Crippen LogP contribution in [0.2, 0.25) is 0 Å². The summed E-state index contributed by atoms with van der Waals surface area (Å²) < 4.78 is 14.3. The first-order valence-electron chi connectivity index (χ1n) is 14.0. The number of halogens is 1. The molecule has 1 fully saturated rings. The monoisotopic (exact) mass is 556 g/mol. The maximum atomic E-state index is 14.3. The van der Waals surface area contributed by atoms with Crippen molar-refractivity contribution >= 4 is 34.2 Å². The molecule has 3 N–H and O–H groups in total. The van der Waals surface area contributed by atoms with Gasteiger partial charge in [-0.3, -0.25) is 4.79 Å². The van der Waals surface area contributed by atoms with Gasteiger partial charge in [-0.25, -0.2) is 9.18 Å². The molecular formula is C32H37FN6O2. The minimum absolute atomic E-state index is 0.274. The maximum Gasteiger partial charge on any atom is 0.318 e. The van der Waals surface area contributed by atoms with Crippen molar-refractivity contribution in [1.82, 2.24) is 20.1 Å². The van der Waals surface area contributed by atoms with Gasteiger partial charge in [0.15, 0.2) is 0 Å². The molecule has 2 heterocycles. The number of carbonyl (C=O) groups is 2. The average molecular weight is 557 g/mol. The van der Waals surface area contributed by atoms with E-state index in [-0.39, 0.29) is 23.7 Å². The van der Waals surface area contributed by atoms with Gasteiger partial charge in [-0.15, -0.1) is 0 Å². The van der Waals surface area contributed by atoms with Crippen LogP contribution in [-0.2, 0) is 11.3 Å². The third-order valence-electron chi connectivity index (χ3n) is 7.63. The van der Waals surface area contributed by atoms with E-state index >= 15 is 0 Å². The molecule has 1 aromatic heterocycles. The van der Waals surface area contributed by atoms with E-state index in [9.17, 15) is 14.0 Å². The Morgan fingerprint density at radius 3 is 2.46 bits per heavy atom. The summed E-state index contributed by atoms with van der Waals surface area (Å²) in [4.78, 5) is 36.3. The summed E-state index contributed by atoms with van der Waals surface area (Å²) in [6, 6.07) is 21.2. The van der Waals surface area contributed by atoms with Crippen LogP contribution < -0.4 is 15.5 Å². The van der Waals surface area contributed by atoms with E-state index in [0.717, 1.165) is 28.6 Å². The van der Waals surface area contributed by atoms with Crippen LogP contribution in [-0.4, -0.2) is 73.0 Å². The van der Waals surface area contributed by atoms with Gasteiger partial charge in [0.05, 0.1) is 5.69 Å². The van der Waals surface area contributed by atoms with Crippen LogP contribution in [0.4, 0.5) is 20.6 Å². The van der Waals surface area contributed by atoms with Crippen molar-refractivity contribution in [1.29, 1.82) is 0 Å². The van der Waals surface area contributed by atoms with E-state index in [1.165, 1.54) is 6.07 Å². The summed E-state index contributed by atoms with van der Waals surface area (Å²) >= 11 is 0. The largest absolute Gasteiger partial charge is 0.366 e. The Hall–Kier alpha value is -4.37. The number of H-pyrrole nitrogens is 1. The maximum absolute atomic E-state index is 14.3. The first-order chi connectivity index (χ1) is 19.8. The van der Waals surface area contributed by atoms with E-state index in [1.54, 1.807) is 17.0 Å². The van der Waals surface area contributed by atoms with Crippen LogP contribution in [0.25, 0.3) is 10.9 Å². The highest BCUT2D eigenvalue weighted by atomic mass is 19.1. The highest BCUT2D eigenvalue weighted by molar-refractivity contribution is 5.98. The second-order valence-corrected chi connectivity index (χ2v) is 10.9. The second-order valence-electron chi connectivity index (χ2n) is 10.9. The molecule has 0 radical (unpaired) electrons. The molecule has 8 nitrogen and oxygen atoms in total. The Balaban J connectivity index is 1.34. The van der Waals surface area contributed by atoms with E-state index in [4.69, 9.17) is 0 Å². The lowest BCUT2D eigenvalue weighted by atomic mass is 9.92. The molecule has 5 rings (SSSR count). The lowest BCUT2D eigenvalue weighted by Gasteiger charge is -2.37. The van der Waals surface area contributed by atoms with Gasteiger partial charge in [0.25, 0.3) is 0 Å². The molecule has 1 aliphatic heterocycles. The minimum Gasteiger partial charge on any atom is -0.366 e. The van der Waals surface area contributed by atoms with Crippen molar-refractivity contribution in [2.75, 3.05) is 50.5 Å². The number of nitrogens with one attached hydrogen (secondary N) is 3. The Morgan fingerprint density at radius 2 is 1.71 bits per heavy atom. The molecule has 0 bridgehead atoms. The number of piperazine rings is 1. The molecule has 2 atom stereocenters. The normalized spacial score (nSPS) is 15.1. The molecule has 2 unspecified atom stereocenters. The summed E-state index contributed by atoms with van der Waals surface area (Å²) in [6.07, 6.45) is 1.91. The number of benzene rings is 3. The zero-order chi connectivity index (χ0) is 28.9. The van der Waals surface area contributed by atoms with Crippen LogP contribution in [0.5, 0.6) is 0 Å². The Morgan fingerprint density at radius 1 is 0.976 bits per heavy atom. The molecule has 0 spiro atoms. The van der Waals surface area contributed by atoms with E-state index < -0.39 is 6.04 Å². The van der Waals surface area contributed by atoms with Crippen LogP contribution in [0.1, 0.15) is 24.0 Å². The lowest BCUT2D eigenvalue weighted by Crippen LogP contribution is -2.56. The van der Waals surface area contributed by atoms with Gasteiger partial charge in [-0.05, 0) is 55.6 Å². The van der Waals surface area contributed by atoms with Gasteiger partial charge in [0.2, 0.25) is 5.91 Å². The first kappa shape index (κ1) is 28.2. The number of hydrogen-bond donors (Lipinski definition) is 3. The summed E-state index contributed by atoms with van der Waals surface area (Å²) in [5, 5.41) is 7.08. The molecular weight excluding hydrogens is 519 g/mol. The highest BCUT2D eigenvalue weighted by Crippen LogP contribution is 2.29. The summed E-state index contributed by atoms with van der Waals surface area (Å²) in [5.74, 6) is -0.882. The zero-order valence-corrected chi connectivity index (χ0v) is 23.7. The van der Waals surface area contributed by atoms with Crippen LogP contribution in [0, 0.1) is 5.82 Å². The molecule has 4 aromatic rings. The van der Waals surface area contributed by atoms with E-state index in [2.05, 4.69) is 20.5 Å². The summed E-state index contributed by atoms with van der Waals surface area (Å²) in [7, 11) is 3.99. The van der Waals surface area contributed by atoms with Crippen molar-refractivity contribution in [3.05, 3.63) is 95.9 Å². The van der Waals surface area contributed by atoms with Crippen LogP contribution in [0.3, 0.4) is 0 Å². The lowest BCUT2D eigenvalue weighted by molar-refractivity contribution is -0.118. The number of para-hydroxylation sites is 2. The van der Waals surface area contributed by atoms with E-state index in [1.807, 2.05) is 86.7 Å². The van der Waals surface area contributed by atoms with Gasteiger partial charge in [0.1, 0.15) is 11.9 Å². The molecule has 1 saturated heterocycles. The fourth-order valence-corrected chi connectivity index (χ4v) is 5.48. The molecule has 0 aliphatic carbocycles. The number of anilines is 2. The fourth-order valence-electron chi connectivity index (χ4n) is 5.48. The Bertz CT molecular complexity index is 1510. The standard InChI is InChI=1S/C32H37FN6O2/c1-22(26-20-34-28-13-6-4-11-25(26)28)30(31(40)35-24-10-8-9-23(19-24)21-37(2)3)36-32(41)39-17-15-38(16-18-39)29-14-7-5-12-27(29)33/h4-14,19-20,22,30,34H,15-18,21H2,1-3H3,(H,35,40)(H,36,41). The quantitative estimate of drug-likeness (QED) is 0.285. The van der Waals surface area contributed by atoms with Crippen molar-refractivity contribution in [2.24, 2.45) is 0 Å². The van der Waals surface area contributed by atoms with Gasteiger partial charge < -0.3 is 30.3 Å².